The van der Waals surface area contributed by atoms with Crippen molar-refractivity contribution in [1.82, 2.24) is 4.98 Å². The van der Waals surface area contributed by atoms with E-state index in [4.69, 9.17) is 26.5 Å². The van der Waals surface area contributed by atoms with Crippen LogP contribution in [-0.2, 0) is 0 Å². The summed E-state index contributed by atoms with van der Waals surface area (Å²) in [6, 6.07) is 5.47. The van der Waals surface area contributed by atoms with Gasteiger partial charge in [0.1, 0.15) is 5.75 Å². The minimum Gasteiger partial charge on any atom is -0.497 e. The Kier molecular flexibility index (Phi) is 2.75. The molecule has 16 heavy (non-hydrogen) atoms. The average Bonchev–Trinajstić information content (AvgIpc) is 2.57. The van der Waals surface area contributed by atoms with Gasteiger partial charge in [0.15, 0.2) is 5.76 Å². The van der Waals surface area contributed by atoms with Gasteiger partial charge in [-0.2, -0.15) is 4.98 Å². The summed E-state index contributed by atoms with van der Waals surface area (Å²) < 4.78 is 10.4. The number of halogens is 1. The zero-order valence-electron chi connectivity index (χ0n) is 8.95. The van der Waals surface area contributed by atoms with Crippen molar-refractivity contribution in [2.75, 3.05) is 12.8 Å². The van der Waals surface area contributed by atoms with E-state index in [2.05, 4.69) is 4.98 Å². The SMILES string of the molecule is COc1ccc(-c2oc(N)nc2C)c(Cl)c1. The van der Waals surface area contributed by atoms with Crippen molar-refractivity contribution in [3.05, 3.63) is 28.9 Å². The van der Waals surface area contributed by atoms with E-state index in [1.165, 1.54) is 0 Å². The van der Waals surface area contributed by atoms with Crippen LogP contribution < -0.4 is 10.5 Å². The molecule has 0 fully saturated rings. The molecule has 0 amide bonds. The Morgan fingerprint density at radius 2 is 2.19 bits per heavy atom. The molecule has 2 N–H and O–H groups in total. The van der Waals surface area contributed by atoms with Crippen LogP contribution in [0, 0.1) is 6.92 Å². The normalized spacial score (nSPS) is 10.4. The molecule has 1 aromatic carbocycles. The molecule has 2 aromatic rings. The van der Waals surface area contributed by atoms with Crippen LogP contribution in [0.25, 0.3) is 11.3 Å². The predicted octanol–water partition coefficient (Wildman–Crippen LogP) is 2.89. The molecule has 0 saturated carbocycles. The van der Waals surface area contributed by atoms with Crippen LogP contribution in [0.2, 0.25) is 5.02 Å². The molecular weight excluding hydrogens is 228 g/mol. The molecule has 0 aliphatic rings. The number of rotatable bonds is 2. The molecule has 0 unspecified atom stereocenters. The highest BCUT2D eigenvalue weighted by molar-refractivity contribution is 6.33. The van der Waals surface area contributed by atoms with Gasteiger partial charge in [0.05, 0.1) is 17.8 Å². The molecule has 0 bridgehead atoms. The second-order valence-electron chi connectivity index (χ2n) is 3.31. The number of nitrogen functional groups attached to an aromatic ring is 1. The van der Waals surface area contributed by atoms with Crippen LogP contribution in [0.5, 0.6) is 5.75 Å². The lowest BCUT2D eigenvalue weighted by Gasteiger charge is -2.04. The number of hydrogen-bond donors (Lipinski definition) is 1. The maximum Gasteiger partial charge on any atom is 0.292 e. The van der Waals surface area contributed by atoms with E-state index in [9.17, 15) is 0 Å². The zero-order chi connectivity index (χ0) is 11.7. The third-order valence-corrected chi connectivity index (χ3v) is 2.55. The molecule has 2 rings (SSSR count). The van der Waals surface area contributed by atoms with Gasteiger partial charge in [-0.1, -0.05) is 11.6 Å². The number of anilines is 1. The van der Waals surface area contributed by atoms with Crippen molar-refractivity contribution in [2.24, 2.45) is 0 Å². The Morgan fingerprint density at radius 3 is 2.69 bits per heavy atom. The summed E-state index contributed by atoms with van der Waals surface area (Å²) in [5, 5.41) is 0.540. The van der Waals surface area contributed by atoms with Crippen LogP contribution in [0.15, 0.2) is 22.6 Å². The van der Waals surface area contributed by atoms with Gasteiger partial charge in [0, 0.05) is 5.56 Å². The fourth-order valence-corrected chi connectivity index (χ4v) is 1.73. The van der Waals surface area contributed by atoms with E-state index < -0.39 is 0 Å². The van der Waals surface area contributed by atoms with Crippen LogP contribution >= 0.6 is 11.6 Å². The molecule has 5 heteroatoms. The molecule has 0 aliphatic carbocycles. The summed E-state index contributed by atoms with van der Waals surface area (Å²) in [6.07, 6.45) is 0. The second kappa shape index (κ2) is 4.06. The first-order valence-electron chi connectivity index (χ1n) is 4.68. The Hall–Kier alpha value is -1.68. The lowest BCUT2D eigenvalue weighted by Crippen LogP contribution is -1.85. The minimum absolute atomic E-state index is 0.138. The Bertz CT molecular complexity index is 523. The highest BCUT2D eigenvalue weighted by Crippen LogP contribution is 2.33. The second-order valence-corrected chi connectivity index (χ2v) is 3.72. The standard InChI is InChI=1S/C11H11ClN2O2/c1-6-10(16-11(13)14-6)8-4-3-7(15-2)5-9(8)12/h3-5H,1-2H3,(H2,13,14). The number of nitrogens with two attached hydrogens (primary N) is 1. The highest BCUT2D eigenvalue weighted by Gasteiger charge is 2.13. The summed E-state index contributed by atoms with van der Waals surface area (Å²) >= 11 is 6.12. The van der Waals surface area contributed by atoms with E-state index in [1.54, 1.807) is 19.2 Å². The topological polar surface area (TPSA) is 61.3 Å². The first kappa shape index (κ1) is 10.8. The fourth-order valence-electron chi connectivity index (χ4n) is 1.47. The van der Waals surface area contributed by atoms with Crippen molar-refractivity contribution < 1.29 is 9.15 Å². The van der Waals surface area contributed by atoms with Gasteiger partial charge in [0.25, 0.3) is 6.01 Å². The van der Waals surface area contributed by atoms with Gasteiger partial charge in [-0.05, 0) is 25.1 Å². The number of aromatic nitrogens is 1. The van der Waals surface area contributed by atoms with Crippen molar-refractivity contribution in [3.8, 4) is 17.1 Å². The maximum atomic E-state index is 6.12. The van der Waals surface area contributed by atoms with Crippen molar-refractivity contribution >= 4 is 17.6 Å². The number of nitrogens with zero attached hydrogens (tertiary/aromatic N) is 1. The molecule has 1 aromatic heterocycles. The Balaban J connectivity index is 2.52. The van der Waals surface area contributed by atoms with Gasteiger partial charge in [-0.25, -0.2) is 0 Å². The molecule has 0 atom stereocenters. The average molecular weight is 239 g/mol. The quantitative estimate of drug-likeness (QED) is 0.874. The van der Waals surface area contributed by atoms with Crippen LogP contribution in [0.3, 0.4) is 0 Å². The number of ether oxygens (including phenoxy) is 1. The van der Waals surface area contributed by atoms with Crippen LogP contribution in [-0.4, -0.2) is 12.1 Å². The molecule has 0 radical (unpaired) electrons. The molecule has 1 heterocycles. The smallest absolute Gasteiger partial charge is 0.292 e. The van der Waals surface area contributed by atoms with E-state index in [0.717, 1.165) is 5.56 Å². The summed E-state index contributed by atoms with van der Waals surface area (Å²) in [6.45, 7) is 1.82. The molecular formula is C11H11ClN2O2. The van der Waals surface area contributed by atoms with Gasteiger partial charge in [0.2, 0.25) is 0 Å². The first-order valence-corrected chi connectivity index (χ1v) is 5.06. The number of aryl methyl sites for hydroxylation is 1. The number of methoxy groups -OCH3 is 1. The fraction of sp³-hybridized carbons (Fsp3) is 0.182. The third-order valence-electron chi connectivity index (χ3n) is 2.23. The summed E-state index contributed by atoms with van der Waals surface area (Å²) in [5.74, 6) is 1.28. The van der Waals surface area contributed by atoms with E-state index >= 15 is 0 Å². The lowest BCUT2D eigenvalue weighted by molar-refractivity contribution is 0.415. The summed E-state index contributed by atoms with van der Waals surface area (Å²) in [5.41, 5.74) is 6.94. The van der Waals surface area contributed by atoms with Gasteiger partial charge >= 0.3 is 0 Å². The Morgan fingerprint density at radius 1 is 1.44 bits per heavy atom. The van der Waals surface area contributed by atoms with Crippen molar-refractivity contribution in [2.45, 2.75) is 6.92 Å². The molecule has 0 aliphatic heterocycles. The van der Waals surface area contributed by atoms with E-state index in [-0.39, 0.29) is 6.01 Å². The van der Waals surface area contributed by atoms with Gasteiger partial charge in [-0.3, -0.25) is 0 Å². The largest absolute Gasteiger partial charge is 0.497 e. The molecule has 0 saturated heterocycles. The predicted molar refractivity (Wildman–Crippen MR) is 62.7 cm³/mol. The van der Waals surface area contributed by atoms with E-state index in [1.807, 2.05) is 13.0 Å². The number of oxazole rings is 1. The monoisotopic (exact) mass is 238 g/mol. The van der Waals surface area contributed by atoms with Gasteiger partial charge in [-0.15, -0.1) is 0 Å². The minimum atomic E-state index is 0.138. The molecule has 4 nitrogen and oxygen atoms in total. The van der Waals surface area contributed by atoms with Crippen molar-refractivity contribution in [3.63, 3.8) is 0 Å². The van der Waals surface area contributed by atoms with Crippen molar-refractivity contribution in [1.29, 1.82) is 0 Å². The number of hydrogen-bond acceptors (Lipinski definition) is 4. The maximum absolute atomic E-state index is 6.12. The van der Waals surface area contributed by atoms with Gasteiger partial charge < -0.3 is 14.9 Å². The molecule has 84 valence electrons. The third kappa shape index (κ3) is 1.84. The first-order chi connectivity index (χ1) is 7.61. The summed E-state index contributed by atoms with van der Waals surface area (Å²) in [4.78, 5) is 3.99. The summed E-state index contributed by atoms with van der Waals surface area (Å²) in [7, 11) is 1.59. The lowest BCUT2D eigenvalue weighted by atomic mass is 10.1. The highest BCUT2D eigenvalue weighted by atomic mass is 35.5. The molecule has 0 spiro atoms. The van der Waals surface area contributed by atoms with Crippen LogP contribution in [0.1, 0.15) is 5.69 Å². The van der Waals surface area contributed by atoms with E-state index in [0.29, 0.717) is 22.2 Å². The van der Waals surface area contributed by atoms with Crippen LogP contribution in [0.4, 0.5) is 6.01 Å². The zero-order valence-corrected chi connectivity index (χ0v) is 9.71. The number of benzene rings is 1. The Labute approximate surface area is 98.0 Å².